The van der Waals surface area contributed by atoms with E-state index in [1.807, 2.05) is 0 Å². The second kappa shape index (κ2) is 8.89. The monoisotopic (exact) mass is 346 g/mol. The molecule has 0 saturated carbocycles. The second-order valence-electron chi connectivity index (χ2n) is 7.26. The minimum Gasteiger partial charge on any atom is -0.497 e. The minimum absolute atomic E-state index is 0.470. The topological polar surface area (TPSA) is 9.23 Å². The van der Waals surface area contributed by atoms with Crippen LogP contribution in [0, 0.1) is 0 Å². The molecule has 2 aromatic carbocycles. The molecule has 0 N–H and O–H groups in total. The lowest BCUT2D eigenvalue weighted by Crippen LogP contribution is -2.04. The Morgan fingerprint density at radius 2 is 1.69 bits per heavy atom. The molecule has 1 atom stereocenters. The fraction of sp³-hybridized carbons (Fsp3) is 0.360. The summed E-state index contributed by atoms with van der Waals surface area (Å²) in [7, 11) is 1.71. The Kier molecular flexibility index (Phi) is 6.33. The van der Waals surface area contributed by atoms with Crippen LogP contribution in [0.5, 0.6) is 5.75 Å². The van der Waals surface area contributed by atoms with Crippen molar-refractivity contribution in [2.24, 2.45) is 0 Å². The van der Waals surface area contributed by atoms with E-state index in [0.717, 1.165) is 12.2 Å². The molecule has 0 amide bonds. The lowest BCUT2D eigenvalue weighted by atomic mass is 9.82. The van der Waals surface area contributed by atoms with Gasteiger partial charge < -0.3 is 4.74 Å². The highest BCUT2D eigenvalue weighted by atomic mass is 16.5. The molecule has 0 radical (unpaired) electrons. The lowest BCUT2D eigenvalue weighted by Gasteiger charge is -2.22. The number of methoxy groups -OCH3 is 1. The lowest BCUT2D eigenvalue weighted by molar-refractivity contribution is 0.414. The zero-order valence-corrected chi connectivity index (χ0v) is 16.3. The maximum atomic E-state index is 5.27. The molecular weight excluding hydrogens is 316 g/mol. The number of benzene rings is 2. The summed E-state index contributed by atoms with van der Waals surface area (Å²) in [5.74, 6) is 1.39. The summed E-state index contributed by atoms with van der Waals surface area (Å²) >= 11 is 0. The van der Waals surface area contributed by atoms with Gasteiger partial charge in [0.25, 0.3) is 0 Å². The first-order valence-corrected chi connectivity index (χ1v) is 9.83. The number of rotatable bonds is 7. The van der Waals surface area contributed by atoms with Gasteiger partial charge >= 0.3 is 0 Å². The summed E-state index contributed by atoms with van der Waals surface area (Å²) in [4.78, 5) is 0. The van der Waals surface area contributed by atoms with Crippen LogP contribution in [0.1, 0.15) is 62.1 Å². The SMILES string of the molecule is CCCCCc1ccc(C2=CCC(c3ccc(OC)cc3)C(C)=C2)cc1. The fourth-order valence-corrected chi connectivity index (χ4v) is 3.71. The Bertz CT molecular complexity index is 763. The van der Waals surface area contributed by atoms with Gasteiger partial charge in [-0.05, 0) is 60.6 Å². The maximum Gasteiger partial charge on any atom is 0.118 e. The number of ether oxygens (including phenoxy) is 1. The Hall–Kier alpha value is -2.28. The van der Waals surface area contributed by atoms with Crippen LogP contribution >= 0.6 is 0 Å². The van der Waals surface area contributed by atoms with Crippen LogP contribution in [-0.2, 0) is 6.42 Å². The Morgan fingerprint density at radius 3 is 2.31 bits per heavy atom. The van der Waals surface area contributed by atoms with Crippen LogP contribution in [0.4, 0.5) is 0 Å². The summed E-state index contributed by atoms with van der Waals surface area (Å²) in [6, 6.07) is 17.6. The Morgan fingerprint density at radius 1 is 0.962 bits per heavy atom. The summed E-state index contributed by atoms with van der Waals surface area (Å²) < 4.78 is 5.27. The molecule has 26 heavy (non-hydrogen) atoms. The van der Waals surface area contributed by atoms with Gasteiger partial charge in [0.1, 0.15) is 5.75 Å². The normalized spacial score (nSPS) is 16.8. The average molecular weight is 347 g/mol. The largest absolute Gasteiger partial charge is 0.497 e. The summed E-state index contributed by atoms with van der Waals surface area (Å²) in [5, 5.41) is 0. The molecule has 1 aliphatic carbocycles. The van der Waals surface area contributed by atoms with E-state index in [1.54, 1.807) is 7.11 Å². The van der Waals surface area contributed by atoms with Crippen molar-refractivity contribution in [2.75, 3.05) is 7.11 Å². The van der Waals surface area contributed by atoms with E-state index in [1.165, 1.54) is 53.5 Å². The molecule has 0 saturated heterocycles. The molecule has 0 aliphatic heterocycles. The third kappa shape index (κ3) is 4.46. The molecule has 0 aromatic heterocycles. The molecule has 0 fully saturated rings. The molecular formula is C25H30O. The summed E-state index contributed by atoms with van der Waals surface area (Å²) in [6.07, 6.45) is 10.9. The van der Waals surface area contributed by atoms with Crippen molar-refractivity contribution in [2.45, 2.75) is 51.9 Å². The molecule has 1 aliphatic rings. The van der Waals surface area contributed by atoms with Crippen molar-refractivity contribution >= 4 is 5.57 Å². The third-order valence-corrected chi connectivity index (χ3v) is 5.38. The first-order chi connectivity index (χ1) is 12.7. The van der Waals surface area contributed by atoms with Crippen molar-refractivity contribution in [1.29, 1.82) is 0 Å². The van der Waals surface area contributed by atoms with Gasteiger partial charge in [-0.15, -0.1) is 0 Å². The second-order valence-corrected chi connectivity index (χ2v) is 7.26. The van der Waals surface area contributed by atoms with E-state index in [-0.39, 0.29) is 0 Å². The predicted molar refractivity (Wildman–Crippen MR) is 112 cm³/mol. The summed E-state index contributed by atoms with van der Waals surface area (Å²) in [5.41, 5.74) is 6.93. The first-order valence-electron chi connectivity index (χ1n) is 9.83. The number of aryl methyl sites for hydroxylation is 1. The van der Waals surface area contributed by atoms with Crippen molar-refractivity contribution in [1.82, 2.24) is 0 Å². The van der Waals surface area contributed by atoms with Crippen molar-refractivity contribution < 1.29 is 4.74 Å². The van der Waals surface area contributed by atoms with Crippen LogP contribution in [0.2, 0.25) is 0 Å². The van der Waals surface area contributed by atoms with E-state index in [2.05, 4.69) is 74.5 Å². The molecule has 0 spiro atoms. The van der Waals surface area contributed by atoms with Crippen molar-refractivity contribution in [3.8, 4) is 5.75 Å². The van der Waals surface area contributed by atoms with Crippen LogP contribution in [0.25, 0.3) is 5.57 Å². The van der Waals surface area contributed by atoms with Gasteiger partial charge in [0.05, 0.1) is 7.11 Å². The average Bonchev–Trinajstić information content (AvgIpc) is 2.69. The molecule has 1 heteroatoms. The molecule has 1 nitrogen and oxygen atoms in total. The Balaban J connectivity index is 1.68. The number of hydrogen-bond donors (Lipinski definition) is 0. The standard InChI is InChI=1S/C25H30O/c1-4-5-6-7-20-8-10-21(11-9-20)23-14-17-25(19(2)18-23)22-12-15-24(26-3)16-13-22/h8-16,18,25H,4-7,17H2,1-3H3. The zero-order valence-electron chi connectivity index (χ0n) is 16.3. The maximum absolute atomic E-state index is 5.27. The molecule has 2 aromatic rings. The molecule has 136 valence electrons. The highest BCUT2D eigenvalue weighted by Gasteiger charge is 2.17. The van der Waals surface area contributed by atoms with Crippen molar-refractivity contribution in [3.63, 3.8) is 0 Å². The minimum atomic E-state index is 0.470. The first kappa shape index (κ1) is 18.5. The van der Waals surface area contributed by atoms with Crippen LogP contribution in [0.3, 0.4) is 0 Å². The quantitative estimate of drug-likeness (QED) is 0.493. The van der Waals surface area contributed by atoms with Crippen LogP contribution < -0.4 is 4.74 Å². The third-order valence-electron chi connectivity index (χ3n) is 5.38. The highest BCUT2D eigenvalue weighted by Crippen LogP contribution is 2.36. The van der Waals surface area contributed by atoms with Gasteiger partial charge in [0, 0.05) is 5.92 Å². The predicted octanol–water partition coefficient (Wildman–Crippen LogP) is 6.95. The van der Waals surface area contributed by atoms with Crippen molar-refractivity contribution in [3.05, 3.63) is 82.9 Å². The van der Waals surface area contributed by atoms with Crippen LogP contribution in [-0.4, -0.2) is 7.11 Å². The van der Waals surface area contributed by atoms with Gasteiger partial charge in [0.2, 0.25) is 0 Å². The Labute approximate surface area is 158 Å². The fourth-order valence-electron chi connectivity index (χ4n) is 3.71. The number of allylic oxidation sites excluding steroid dienone is 4. The van der Waals surface area contributed by atoms with E-state index in [4.69, 9.17) is 4.74 Å². The zero-order chi connectivity index (χ0) is 18.4. The molecule has 0 bridgehead atoms. The summed E-state index contributed by atoms with van der Waals surface area (Å²) in [6.45, 7) is 4.51. The van der Waals surface area contributed by atoms with E-state index in [0.29, 0.717) is 5.92 Å². The van der Waals surface area contributed by atoms with Crippen LogP contribution in [0.15, 0.2) is 66.3 Å². The highest BCUT2D eigenvalue weighted by molar-refractivity contribution is 5.76. The molecule has 1 unspecified atom stereocenters. The van der Waals surface area contributed by atoms with E-state index in [9.17, 15) is 0 Å². The number of hydrogen-bond acceptors (Lipinski definition) is 1. The molecule has 0 heterocycles. The molecule has 3 rings (SSSR count). The van der Waals surface area contributed by atoms with Gasteiger partial charge in [-0.2, -0.15) is 0 Å². The van der Waals surface area contributed by atoms with Gasteiger partial charge in [-0.25, -0.2) is 0 Å². The van der Waals surface area contributed by atoms with Gasteiger partial charge in [-0.3, -0.25) is 0 Å². The van der Waals surface area contributed by atoms with E-state index < -0.39 is 0 Å². The van der Waals surface area contributed by atoms with Gasteiger partial charge in [-0.1, -0.05) is 73.9 Å². The number of unbranched alkanes of at least 4 members (excludes halogenated alkanes) is 2. The van der Waals surface area contributed by atoms with Gasteiger partial charge in [0.15, 0.2) is 0 Å². The van der Waals surface area contributed by atoms with E-state index >= 15 is 0 Å². The smallest absolute Gasteiger partial charge is 0.118 e.